The summed E-state index contributed by atoms with van der Waals surface area (Å²) in [4.78, 5) is 30.0. The molecule has 1 fully saturated rings. The SMILES string of the molecule is CC(C)C1NC(=O)C(C)N(Cc2ncnn2C)C1=O. The summed E-state index contributed by atoms with van der Waals surface area (Å²) in [6, 6.07) is -0.948. The lowest BCUT2D eigenvalue weighted by atomic mass is 9.98. The number of carbonyl (C=O) groups is 2. The molecular formula is C12H19N5O2. The van der Waals surface area contributed by atoms with Gasteiger partial charge in [-0.2, -0.15) is 5.10 Å². The minimum atomic E-state index is -0.487. The highest BCUT2D eigenvalue weighted by molar-refractivity contribution is 5.96. The third-order valence-corrected chi connectivity index (χ3v) is 3.48. The van der Waals surface area contributed by atoms with Crippen LogP contribution in [-0.4, -0.2) is 43.6 Å². The first-order chi connectivity index (χ1) is 8.91. The van der Waals surface area contributed by atoms with E-state index in [0.717, 1.165) is 0 Å². The van der Waals surface area contributed by atoms with Crippen LogP contribution in [0.4, 0.5) is 0 Å². The summed E-state index contributed by atoms with van der Waals surface area (Å²) in [6.07, 6.45) is 1.44. The summed E-state index contributed by atoms with van der Waals surface area (Å²) >= 11 is 0. The summed E-state index contributed by atoms with van der Waals surface area (Å²) in [5.74, 6) is 0.536. The number of piperazine rings is 1. The Bertz CT molecular complexity index is 496. The van der Waals surface area contributed by atoms with Crippen molar-refractivity contribution in [1.82, 2.24) is 25.0 Å². The zero-order valence-corrected chi connectivity index (χ0v) is 11.6. The second-order valence-corrected chi connectivity index (χ2v) is 5.17. The number of hydrogen-bond acceptors (Lipinski definition) is 4. The molecule has 0 aliphatic carbocycles. The first-order valence-corrected chi connectivity index (χ1v) is 6.35. The summed E-state index contributed by atoms with van der Waals surface area (Å²) in [7, 11) is 1.77. The molecule has 1 N–H and O–H groups in total. The fourth-order valence-corrected chi connectivity index (χ4v) is 2.13. The van der Waals surface area contributed by atoms with Crippen LogP contribution < -0.4 is 5.32 Å². The fraction of sp³-hybridized carbons (Fsp3) is 0.667. The number of aryl methyl sites for hydroxylation is 1. The van der Waals surface area contributed by atoms with Gasteiger partial charge < -0.3 is 10.2 Å². The normalized spacial score (nSPS) is 23.9. The van der Waals surface area contributed by atoms with E-state index in [1.54, 1.807) is 23.6 Å². The third kappa shape index (κ3) is 2.45. The minimum absolute atomic E-state index is 0.0611. The van der Waals surface area contributed by atoms with E-state index in [2.05, 4.69) is 15.4 Å². The van der Waals surface area contributed by atoms with E-state index in [4.69, 9.17) is 0 Å². The monoisotopic (exact) mass is 265 g/mol. The van der Waals surface area contributed by atoms with Gasteiger partial charge in [-0.3, -0.25) is 14.3 Å². The minimum Gasteiger partial charge on any atom is -0.342 e. The summed E-state index contributed by atoms with van der Waals surface area (Å²) in [6.45, 7) is 5.85. The molecule has 2 atom stereocenters. The first-order valence-electron chi connectivity index (χ1n) is 6.35. The van der Waals surface area contributed by atoms with Crippen molar-refractivity contribution in [3.05, 3.63) is 12.2 Å². The average molecular weight is 265 g/mol. The van der Waals surface area contributed by atoms with Crippen molar-refractivity contribution < 1.29 is 9.59 Å². The van der Waals surface area contributed by atoms with Crippen molar-refractivity contribution in [3.8, 4) is 0 Å². The number of carbonyl (C=O) groups excluding carboxylic acids is 2. The molecule has 7 nitrogen and oxygen atoms in total. The molecule has 0 spiro atoms. The second kappa shape index (κ2) is 4.99. The highest BCUT2D eigenvalue weighted by atomic mass is 16.2. The number of nitrogens with zero attached hydrogens (tertiary/aromatic N) is 4. The van der Waals surface area contributed by atoms with Gasteiger partial charge in [-0.05, 0) is 12.8 Å². The van der Waals surface area contributed by atoms with Crippen LogP contribution in [0.2, 0.25) is 0 Å². The van der Waals surface area contributed by atoms with E-state index in [1.807, 2.05) is 13.8 Å². The van der Waals surface area contributed by atoms with E-state index in [1.165, 1.54) is 6.33 Å². The van der Waals surface area contributed by atoms with Crippen molar-refractivity contribution in [2.24, 2.45) is 13.0 Å². The number of aromatic nitrogens is 3. The van der Waals surface area contributed by atoms with E-state index in [9.17, 15) is 9.59 Å². The number of rotatable bonds is 3. The van der Waals surface area contributed by atoms with Gasteiger partial charge in [0, 0.05) is 7.05 Å². The molecule has 0 saturated carbocycles. The molecule has 0 radical (unpaired) electrons. The van der Waals surface area contributed by atoms with Crippen LogP contribution in [0.25, 0.3) is 0 Å². The van der Waals surface area contributed by atoms with Crippen LogP contribution in [0, 0.1) is 5.92 Å². The Morgan fingerprint density at radius 1 is 1.42 bits per heavy atom. The lowest BCUT2D eigenvalue weighted by Gasteiger charge is -2.38. The molecule has 1 aliphatic rings. The Hall–Kier alpha value is -1.92. The van der Waals surface area contributed by atoms with Gasteiger partial charge in [0.25, 0.3) is 0 Å². The van der Waals surface area contributed by atoms with Gasteiger partial charge in [0.05, 0.1) is 6.54 Å². The van der Waals surface area contributed by atoms with Crippen LogP contribution in [0.3, 0.4) is 0 Å². The van der Waals surface area contributed by atoms with Crippen LogP contribution in [0.1, 0.15) is 26.6 Å². The van der Waals surface area contributed by atoms with E-state index in [-0.39, 0.29) is 17.7 Å². The summed E-state index contributed by atoms with van der Waals surface area (Å²) in [5, 5.41) is 6.74. The highest BCUT2D eigenvalue weighted by Crippen LogP contribution is 2.17. The predicted molar refractivity (Wildman–Crippen MR) is 67.8 cm³/mol. The molecular weight excluding hydrogens is 246 g/mol. The van der Waals surface area contributed by atoms with Crippen molar-refractivity contribution in [3.63, 3.8) is 0 Å². The van der Waals surface area contributed by atoms with Crippen LogP contribution >= 0.6 is 0 Å². The van der Waals surface area contributed by atoms with Crippen molar-refractivity contribution >= 4 is 11.8 Å². The zero-order valence-electron chi connectivity index (χ0n) is 11.6. The molecule has 19 heavy (non-hydrogen) atoms. The van der Waals surface area contributed by atoms with E-state index < -0.39 is 12.1 Å². The van der Waals surface area contributed by atoms with Gasteiger partial charge in [0.1, 0.15) is 24.2 Å². The lowest BCUT2D eigenvalue weighted by Crippen LogP contribution is -2.63. The Balaban J connectivity index is 2.23. The molecule has 2 rings (SSSR count). The maximum atomic E-state index is 12.4. The Morgan fingerprint density at radius 2 is 2.11 bits per heavy atom. The zero-order chi connectivity index (χ0) is 14.2. The van der Waals surface area contributed by atoms with E-state index in [0.29, 0.717) is 12.4 Å². The van der Waals surface area contributed by atoms with Gasteiger partial charge in [-0.25, -0.2) is 4.98 Å². The summed E-state index contributed by atoms with van der Waals surface area (Å²) in [5.41, 5.74) is 0. The average Bonchev–Trinajstić information content (AvgIpc) is 2.74. The molecule has 2 unspecified atom stereocenters. The number of hydrogen-bond donors (Lipinski definition) is 1. The molecule has 1 aromatic rings. The molecule has 1 aromatic heterocycles. The molecule has 2 amide bonds. The Labute approximate surface area is 112 Å². The quantitative estimate of drug-likeness (QED) is 0.812. The Kier molecular flexibility index (Phi) is 3.55. The predicted octanol–water partition coefficient (Wildman–Crippen LogP) is -0.313. The topological polar surface area (TPSA) is 80.1 Å². The molecule has 2 heterocycles. The number of amides is 2. The van der Waals surface area contributed by atoms with Crippen LogP contribution in [-0.2, 0) is 23.2 Å². The summed E-state index contributed by atoms with van der Waals surface area (Å²) < 4.78 is 1.61. The molecule has 7 heteroatoms. The van der Waals surface area contributed by atoms with Gasteiger partial charge in [0.15, 0.2) is 0 Å². The van der Waals surface area contributed by atoms with Crippen molar-refractivity contribution in [2.75, 3.05) is 0 Å². The molecule has 0 bridgehead atoms. The maximum absolute atomic E-state index is 12.4. The smallest absolute Gasteiger partial charge is 0.246 e. The third-order valence-electron chi connectivity index (χ3n) is 3.48. The van der Waals surface area contributed by atoms with Crippen LogP contribution in [0.5, 0.6) is 0 Å². The van der Waals surface area contributed by atoms with Gasteiger partial charge >= 0.3 is 0 Å². The Morgan fingerprint density at radius 3 is 2.63 bits per heavy atom. The largest absolute Gasteiger partial charge is 0.342 e. The van der Waals surface area contributed by atoms with E-state index >= 15 is 0 Å². The van der Waals surface area contributed by atoms with Crippen LogP contribution in [0.15, 0.2) is 6.33 Å². The van der Waals surface area contributed by atoms with Gasteiger partial charge in [-0.1, -0.05) is 13.8 Å². The fourth-order valence-electron chi connectivity index (χ4n) is 2.13. The second-order valence-electron chi connectivity index (χ2n) is 5.17. The van der Waals surface area contributed by atoms with Gasteiger partial charge in [0.2, 0.25) is 11.8 Å². The molecule has 104 valence electrons. The maximum Gasteiger partial charge on any atom is 0.246 e. The standard InChI is InChI=1S/C12H19N5O2/c1-7(2)10-12(19)17(8(3)11(18)15-10)5-9-13-6-14-16(9)4/h6-8,10H,5H2,1-4H3,(H,15,18). The van der Waals surface area contributed by atoms with Crippen molar-refractivity contribution in [1.29, 1.82) is 0 Å². The first kappa shape index (κ1) is 13.5. The molecule has 1 saturated heterocycles. The molecule has 1 aliphatic heterocycles. The van der Waals surface area contributed by atoms with Gasteiger partial charge in [-0.15, -0.1) is 0 Å². The number of nitrogens with one attached hydrogen (secondary N) is 1. The molecule has 0 aromatic carbocycles. The highest BCUT2D eigenvalue weighted by Gasteiger charge is 2.39. The van der Waals surface area contributed by atoms with Crippen molar-refractivity contribution in [2.45, 2.75) is 39.4 Å². The lowest BCUT2D eigenvalue weighted by molar-refractivity contribution is -0.150.